The van der Waals surface area contributed by atoms with Crippen LogP contribution in [0.4, 0.5) is 17.1 Å². The topological polar surface area (TPSA) is 89.2 Å². The Kier molecular flexibility index (Phi) is 5.87. The van der Waals surface area contributed by atoms with E-state index in [-0.39, 0.29) is 11.6 Å². The monoisotopic (exact) mass is 371 g/mol. The first-order chi connectivity index (χ1) is 13.1. The minimum Gasteiger partial charge on any atom is -0.495 e. The number of carbonyl (C=O) groups is 1. The number of amides is 1. The van der Waals surface area contributed by atoms with Crippen molar-refractivity contribution in [1.29, 1.82) is 0 Å². The highest BCUT2D eigenvalue weighted by Crippen LogP contribution is 2.27. The number of hydrogen-bond acceptors (Lipinski definition) is 5. The van der Waals surface area contributed by atoms with Crippen molar-refractivity contribution in [3.8, 4) is 5.75 Å². The molecule has 1 heterocycles. The number of hydrogen-bond donors (Lipinski definition) is 2. The molecule has 0 unspecified atom stereocenters. The number of nitrogens with one attached hydrogen (secondary N) is 2. The number of quaternary nitrogens is 1. The first-order valence-corrected chi connectivity index (χ1v) is 8.82. The lowest BCUT2D eigenvalue weighted by molar-refractivity contribution is -0.892. The summed E-state index contributed by atoms with van der Waals surface area (Å²) in [5.74, 6) is 0.709. The fraction of sp³-hybridized carbons (Fsp3) is 0.316. The first-order valence-electron chi connectivity index (χ1n) is 8.82. The van der Waals surface area contributed by atoms with Crippen molar-refractivity contribution in [1.82, 2.24) is 0 Å². The Balaban J connectivity index is 1.52. The predicted octanol–water partition coefficient (Wildman–Crippen LogP) is 0.947. The van der Waals surface area contributed by atoms with E-state index < -0.39 is 4.92 Å². The average molecular weight is 371 g/mol. The molecule has 2 aromatic carbocycles. The van der Waals surface area contributed by atoms with Crippen LogP contribution < -0.4 is 19.9 Å². The Bertz CT molecular complexity index is 819. The molecule has 142 valence electrons. The number of benzene rings is 2. The number of nitro benzene ring substituents is 1. The Hall–Kier alpha value is -3.13. The van der Waals surface area contributed by atoms with Crippen LogP contribution in [0.25, 0.3) is 0 Å². The summed E-state index contributed by atoms with van der Waals surface area (Å²) in [6.07, 6.45) is 0. The van der Waals surface area contributed by atoms with Gasteiger partial charge in [0.2, 0.25) is 0 Å². The summed E-state index contributed by atoms with van der Waals surface area (Å²) in [5.41, 5.74) is 1.48. The molecule has 0 radical (unpaired) electrons. The third-order valence-electron chi connectivity index (χ3n) is 4.65. The van der Waals surface area contributed by atoms with E-state index in [1.807, 2.05) is 24.3 Å². The molecule has 1 saturated heterocycles. The lowest BCUT2D eigenvalue weighted by Gasteiger charge is -2.34. The Labute approximate surface area is 157 Å². The van der Waals surface area contributed by atoms with Crippen LogP contribution in [0.3, 0.4) is 0 Å². The van der Waals surface area contributed by atoms with E-state index in [9.17, 15) is 14.9 Å². The second-order valence-electron chi connectivity index (χ2n) is 6.44. The Morgan fingerprint density at radius 2 is 1.96 bits per heavy atom. The van der Waals surface area contributed by atoms with Crippen molar-refractivity contribution >= 4 is 23.0 Å². The van der Waals surface area contributed by atoms with Crippen LogP contribution in [-0.2, 0) is 4.79 Å². The Morgan fingerprint density at radius 3 is 2.67 bits per heavy atom. The van der Waals surface area contributed by atoms with E-state index in [0.717, 1.165) is 37.6 Å². The molecule has 0 spiro atoms. The second kappa shape index (κ2) is 8.50. The van der Waals surface area contributed by atoms with Crippen LogP contribution in [0.1, 0.15) is 0 Å². The largest absolute Gasteiger partial charge is 0.495 e. The van der Waals surface area contributed by atoms with Crippen LogP contribution in [0, 0.1) is 10.1 Å². The average Bonchev–Trinajstić information content (AvgIpc) is 2.68. The smallest absolute Gasteiger partial charge is 0.279 e. The van der Waals surface area contributed by atoms with Gasteiger partial charge in [-0.1, -0.05) is 18.2 Å². The summed E-state index contributed by atoms with van der Waals surface area (Å²) < 4.78 is 5.42. The molecule has 1 aliphatic rings. The predicted molar refractivity (Wildman–Crippen MR) is 102 cm³/mol. The number of anilines is 2. The van der Waals surface area contributed by atoms with Crippen molar-refractivity contribution in [3.63, 3.8) is 0 Å². The van der Waals surface area contributed by atoms with Crippen molar-refractivity contribution in [2.45, 2.75) is 0 Å². The van der Waals surface area contributed by atoms with Gasteiger partial charge in [-0.25, -0.2) is 0 Å². The molecule has 1 aliphatic heterocycles. The van der Waals surface area contributed by atoms with Crippen LogP contribution in [0.5, 0.6) is 5.75 Å². The van der Waals surface area contributed by atoms with Gasteiger partial charge in [-0.3, -0.25) is 14.9 Å². The minimum absolute atomic E-state index is 0.0365. The van der Waals surface area contributed by atoms with Crippen molar-refractivity contribution < 1.29 is 19.4 Å². The molecule has 2 aromatic rings. The quantitative estimate of drug-likeness (QED) is 0.583. The number of ether oxygens (including phenoxy) is 1. The maximum absolute atomic E-state index is 12.3. The van der Waals surface area contributed by atoms with Gasteiger partial charge in [-0.2, -0.15) is 0 Å². The summed E-state index contributed by atoms with van der Waals surface area (Å²) in [4.78, 5) is 26.1. The summed E-state index contributed by atoms with van der Waals surface area (Å²) >= 11 is 0. The van der Waals surface area contributed by atoms with Gasteiger partial charge in [0, 0.05) is 17.8 Å². The number of piperazine rings is 1. The number of non-ortho nitro benzene ring substituents is 1. The highest BCUT2D eigenvalue weighted by Gasteiger charge is 2.24. The standard InChI is InChI=1S/C19H22N4O4/c1-27-18-8-3-2-7-17(18)22-11-9-21(10-12-22)14-19(24)20-15-5-4-6-16(13-15)23(25)26/h2-8,13H,9-12,14H2,1H3,(H,20,24)/p+1. The fourth-order valence-electron chi connectivity index (χ4n) is 3.26. The molecular formula is C19H23N4O4+. The maximum atomic E-state index is 12.3. The van der Waals surface area contributed by atoms with Gasteiger partial charge >= 0.3 is 0 Å². The zero-order valence-corrected chi connectivity index (χ0v) is 15.2. The highest BCUT2D eigenvalue weighted by molar-refractivity contribution is 5.91. The lowest BCUT2D eigenvalue weighted by atomic mass is 10.2. The molecule has 27 heavy (non-hydrogen) atoms. The van der Waals surface area contributed by atoms with Gasteiger partial charge in [0.05, 0.1) is 43.9 Å². The SMILES string of the molecule is COc1ccccc1N1CC[NH+](CC(=O)Nc2cccc([N+](=O)[O-])c2)CC1. The molecule has 0 aromatic heterocycles. The molecule has 8 nitrogen and oxygen atoms in total. The molecule has 1 amide bonds. The minimum atomic E-state index is -0.474. The molecule has 0 saturated carbocycles. The van der Waals surface area contributed by atoms with Gasteiger partial charge in [0.1, 0.15) is 5.75 Å². The third kappa shape index (κ3) is 4.73. The van der Waals surface area contributed by atoms with Gasteiger partial charge in [-0.15, -0.1) is 0 Å². The number of rotatable bonds is 6. The van der Waals surface area contributed by atoms with Gasteiger partial charge < -0.3 is 19.9 Å². The zero-order chi connectivity index (χ0) is 19.2. The summed E-state index contributed by atoms with van der Waals surface area (Å²) in [7, 11) is 1.67. The first kappa shape index (κ1) is 18.7. The van der Waals surface area contributed by atoms with Gasteiger partial charge in [-0.05, 0) is 18.2 Å². The van der Waals surface area contributed by atoms with Crippen molar-refractivity contribution in [3.05, 3.63) is 58.6 Å². The van der Waals surface area contributed by atoms with E-state index in [1.165, 1.54) is 17.0 Å². The molecule has 8 heteroatoms. The third-order valence-corrected chi connectivity index (χ3v) is 4.65. The molecule has 1 fully saturated rings. The lowest BCUT2D eigenvalue weighted by Crippen LogP contribution is -3.15. The van der Waals surface area contributed by atoms with Gasteiger partial charge in [0.25, 0.3) is 11.6 Å². The van der Waals surface area contributed by atoms with Crippen molar-refractivity contribution in [2.24, 2.45) is 0 Å². The van der Waals surface area contributed by atoms with Crippen LogP contribution in [0.15, 0.2) is 48.5 Å². The summed E-state index contributed by atoms with van der Waals surface area (Å²) in [6.45, 7) is 3.67. The summed E-state index contributed by atoms with van der Waals surface area (Å²) in [6, 6.07) is 13.9. The van der Waals surface area contributed by atoms with E-state index in [0.29, 0.717) is 12.2 Å². The van der Waals surface area contributed by atoms with E-state index in [2.05, 4.69) is 10.2 Å². The van der Waals surface area contributed by atoms with Crippen LogP contribution in [0.2, 0.25) is 0 Å². The molecule has 3 rings (SSSR count). The molecule has 0 bridgehead atoms. The number of carbonyl (C=O) groups excluding carboxylic acids is 1. The van der Waals surface area contributed by atoms with E-state index >= 15 is 0 Å². The van der Waals surface area contributed by atoms with E-state index in [1.54, 1.807) is 19.2 Å². The van der Waals surface area contributed by atoms with Crippen molar-refractivity contribution in [2.75, 3.05) is 50.1 Å². The fourth-order valence-corrected chi connectivity index (χ4v) is 3.26. The van der Waals surface area contributed by atoms with Gasteiger partial charge in [0.15, 0.2) is 6.54 Å². The molecule has 0 atom stereocenters. The highest BCUT2D eigenvalue weighted by atomic mass is 16.6. The number of methoxy groups -OCH3 is 1. The van der Waals surface area contributed by atoms with E-state index in [4.69, 9.17) is 4.74 Å². The molecular weight excluding hydrogens is 348 g/mol. The van der Waals surface area contributed by atoms with Crippen LogP contribution in [-0.4, -0.2) is 50.7 Å². The normalized spacial score (nSPS) is 14.6. The maximum Gasteiger partial charge on any atom is 0.279 e. The summed E-state index contributed by atoms with van der Waals surface area (Å²) in [5, 5.41) is 13.6. The second-order valence-corrected chi connectivity index (χ2v) is 6.44. The zero-order valence-electron chi connectivity index (χ0n) is 15.2. The molecule has 2 N–H and O–H groups in total. The number of nitrogens with zero attached hydrogens (tertiary/aromatic N) is 2. The number of nitro groups is 1. The molecule has 0 aliphatic carbocycles. The van der Waals surface area contributed by atoms with Crippen LogP contribution >= 0.6 is 0 Å². The Morgan fingerprint density at radius 1 is 1.22 bits per heavy atom. The number of para-hydroxylation sites is 2.